The van der Waals surface area contributed by atoms with Crippen molar-refractivity contribution in [3.05, 3.63) is 82.3 Å². The zero-order valence-corrected chi connectivity index (χ0v) is 20.7. The molecule has 1 heterocycles. The Kier molecular flexibility index (Phi) is 8.58. The number of hydrazine groups is 1. The van der Waals surface area contributed by atoms with E-state index in [1.54, 1.807) is 37.0 Å². The van der Waals surface area contributed by atoms with Crippen molar-refractivity contribution in [1.82, 2.24) is 15.1 Å². The lowest BCUT2D eigenvalue weighted by atomic mass is 10.0. The Bertz CT molecular complexity index is 1300. The van der Waals surface area contributed by atoms with Gasteiger partial charge in [-0.3, -0.25) is 14.5 Å². The van der Waals surface area contributed by atoms with E-state index < -0.39 is 17.6 Å². The Morgan fingerprint density at radius 3 is 2.57 bits per heavy atom. The van der Waals surface area contributed by atoms with Crippen LogP contribution < -0.4 is 27.2 Å². The number of halogens is 3. The van der Waals surface area contributed by atoms with E-state index in [0.717, 1.165) is 17.3 Å². The molecule has 1 aromatic heterocycles. The van der Waals surface area contributed by atoms with E-state index in [1.807, 2.05) is 6.92 Å². The molecule has 0 bridgehead atoms. The number of aliphatic hydroxyl groups excluding tert-OH is 1. The van der Waals surface area contributed by atoms with Crippen molar-refractivity contribution in [2.24, 2.45) is 18.6 Å². The SMILES string of the molecule is Cc1ccc(C(=O)Nc2ccc(CNCCO)c(C(F)(F)F)c2)cc1N(N)/C=C(\N)c1cnn(C)c1C. The summed E-state index contributed by atoms with van der Waals surface area (Å²) in [6.45, 7) is 3.55. The molecule has 198 valence electrons. The van der Waals surface area contributed by atoms with Gasteiger partial charge < -0.3 is 21.5 Å². The Morgan fingerprint density at radius 2 is 1.95 bits per heavy atom. The summed E-state index contributed by atoms with van der Waals surface area (Å²) in [5.74, 6) is 5.62. The third-order valence-corrected chi connectivity index (χ3v) is 5.85. The average molecular weight is 518 g/mol. The second-order valence-electron chi connectivity index (χ2n) is 8.48. The highest BCUT2D eigenvalue weighted by Gasteiger charge is 2.33. The van der Waals surface area contributed by atoms with E-state index in [2.05, 4.69) is 15.7 Å². The third-order valence-electron chi connectivity index (χ3n) is 5.85. The van der Waals surface area contributed by atoms with Gasteiger partial charge in [-0.15, -0.1) is 0 Å². The monoisotopic (exact) mass is 517 g/mol. The van der Waals surface area contributed by atoms with Crippen molar-refractivity contribution in [2.45, 2.75) is 26.6 Å². The van der Waals surface area contributed by atoms with Gasteiger partial charge in [0.2, 0.25) is 0 Å². The molecule has 0 saturated heterocycles. The summed E-state index contributed by atoms with van der Waals surface area (Å²) in [6.07, 6.45) is -1.49. The molecular formula is C25H30F3N7O2. The van der Waals surface area contributed by atoms with Crippen LogP contribution in [0, 0.1) is 13.8 Å². The van der Waals surface area contributed by atoms with E-state index >= 15 is 0 Å². The van der Waals surface area contributed by atoms with Crippen LogP contribution in [-0.2, 0) is 19.8 Å². The zero-order valence-electron chi connectivity index (χ0n) is 20.7. The van der Waals surface area contributed by atoms with Crippen LogP contribution >= 0.6 is 0 Å². The highest BCUT2D eigenvalue weighted by molar-refractivity contribution is 6.05. The first kappa shape index (κ1) is 27.7. The average Bonchev–Trinajstić information content (AvgIpc) is 3.17. The summed E-state index contributed by atoms with van der Waals surface area (Å²) in [7, 11) is 1.79. The molecule has 3 rings (SSSR count). The Hall–Kier alpha value is -3.87. The molecule has 0 unspecified atom stereocenters. The summed E-state index contributed by atoms with van der Waals surface area (Å²) in [5.41, 5.74) is 8.68. The van der Waals surface area contributed by atoms with Crippen molar-refractivity contribution in [2.75, 3.05) is 23.5 Å². The standard InChI is InChI=1S/C25H30F3N7O2/c1-15-4-5-17(10-23(15)35(30)14-22(29)20-13-32-34(3)16(20)2)24(37)33-19-7-6-18(12-31-8-9-36)21(11-19)25(26,27)28/h4-7,10-11,13-14,31,36H,8-9,12,29-30H2,1-3H3,(H,33,37)/b22-14-. The fraction of sp³-hybridized carbons (Fsp3) is 0.280. The normalized spacial score (nSPS) is 12.1. The predicted molar refractivity (Wildman–Crippen MR) is 136 cm³/mol. The predicted octanol–water partition coefficient (Wildman–Crippen LogP) is 3.03. The smallest absolute Gasteiger partial charge is 0.397 e. The Labute approximate surface area is 212 Å². The molecule has 0 radical (unpaired) electrons. The van der Waals surface area contributed by atoms with Crippen LogP contribution in [0.3, 0.4) is 0 Å². The van der Waals surface area contributed by atoms with E-state index in [-0.39, 0.29) is 36.5 Å². The van der Waals surface area contributed by atoms with Gasteiger partial charge in [0, 0.05) is 48.8 Å². The van der Waals surface area contributed by atoms with Crippen molar-refractivity contribution < 1.29 is 23.1 Å². The number of amides is 1. The molecule has 2 aromatic carbocycles. The molecule has 1 amide bonds. The van der Waals surface area contributed by atoms with Crippen molar-refractivity contribution in [1.29, 1.82) is 0 Å². The number of nitrogens with one attached hydrogen (secondary N) is 2. The van der Waals surface area contributed by atoms with E-state index in [1.165, 1.54) is 29.4 Å². The lowest BCUT2D eigenvalue weighted by molar-refractivity contribution is -0.138. The van der Waals surface area contributed by atoms with Crippen LogP contribution in [0.25, 0.3) is 5.70 Å². The number of aromatic nitrogens is 2. The number of anilines is 2. The molecule has 37 heavy (non-hydrogen) atoms. The first-order valence-electron chi connectivity index (χ1n) is 11.4. The first-order valence-corrected chi connectivity index (χ1v) is 11.4. The van der Waals surface area contributed by atoms with Gasteiger partial charge in [0.05, 0.1) is 29.8 Å². The minimum atomic E-state index is -4.62. The van der Waals surface area contributed by atoms with Crippen LogP contribution in [0.1, 0.15) is 38.3 Å². The summed E-state index contributed by atoms with van der Waals surface area (Å²) in [4.78, 5) is 12.9. The molecule has 0 spiro atoms. The number of aliphatic hydroxyl groups is 1. The van der Waals surface area contributed by atoms with Crippen LogP contribution in [0.2, 0.25) is 0 Å². The lowest BCUT2D eigenvalue weighted by Gasteiger charge is -2.19. The maximum atomic E-state index is 13.6. The number of hydrogen-bond donors (Lipinski definition) is 5. The highest BCUT2D eigenvalue weighted by Crippen LogP contribution is 2.34. The fourth-order valence-electron chi connectivity index (χ4n) is 3.68. The summed E-state index contributed by atoms with van der Waals surface area (Å²) >= 11 is 0. The number of nitrogens with two attached hydrogens (primary N) is 2. The summed E-state index contributed by atoms with van der Waals surface area (Å²) in [5, 5.41) is 19.5. The van der Waals surface area contributed by atoms with Gasteiger partial charge in [-0.05, 0) is 49.2 Å². The second kappa shape index (κ2) is 11.5. The number of benzene rings is 2. The van der Waals surface area contributed by atoms with Gasteiger partial charge in [0.25, 0.3) is 5.91 Å². The molecule has 0 saturated carbocycles. The lowest BCUT2D eigenvalue weighted by Crippen LogP contribution is -2.27. The maximum absolute atomic E-state index is 13.6. The topological polar surface area (TPSA) is 134 Å². The largest absolute Gasteiger partial charge is 0.416 e. The number of carbonyl (C=O) groups excluding carboxylic acids is 1. The molecule has 7 N–H and O–H groups in total. The summed E-state index contributed by atoms with van der Waals surface area (Å²) < 4.78 is 42.5. The molecule has 0 aliphatic carbocycles. The van der Waals surface area contributed by atoms with Crippen LogP contribution in [0.5, 0.6) is 0 Å². The molecule has 0 aliphatic rings. The summed E-state index contributed by atoms with van der Waals surface area (Å²) in [6, 6.07) is 8.34. The molecule has 3 aromatic rings. The first-order chi connectivity index (χ1) is 17.4. The molecule has 0 fully saturated rings. The number of nitrogens with zero attached hydrogens (tertiary/aromatic N) is 3. The van der Waals surface area contributed by atoms with Crippen LogP contribution in [0.15, 0.2) is 48.8 Å². The fourth-order valence-corrected chi connectivity index (χ4v) is 3.68. The number of rotatable bonds is 9. The quantitative estimate of drug-likeness (QED) is 0.167. The molecule has 12 heteroatoms. The number of carbonyl (C=O) groups is 1. The van der Waals surface area contributed by atoms with Crippen LogP contribution in [-0.4, -0.2) is 33.9 Å². The van der Waals surface area contributed by atoms with Gasteiger partial charge in [-0.2, -0.15) is 18.3 Å². The van der Waals surface area contributed by atoms with Gasteiger partial charge in [-0.1, -0.05) is 12.1 Å². The highest BCUT2D eigenvalue weighted by atomic mass is 19.4. The molecule has 0 aliphatic heterocycles. The van der Waals surface area contributed by atoms with Gasteiger partial charge >= 0.3 is 6.18 Å². The number of alkyl halides is 3. The van der Waals surface area contributed by atoms with Crippen molar-refractivity contribution in [3.8, 4) is 0 Å². The van der Waals surface area contributed by atoms with Gasteiger partial charge in [-0.25, -0.2) is 5.84 Å². The minimum absolute atomic E-state index is 0.00331. The Balaban J connectivity index is 1.83. The maximum Gasteiger partial charge on any atom is 0.416 e. The van der Waals surface area contributed by atoms with E-state index in [0.29, 0.717) is 16.9 Å². The number of hydrogen-bond acceptors (Lipinski definition) is 7. The van der Waals surface area contributed by atoms with E-state index in [4.69, 9.17) is 16.7 Å². The number of aryl methyl sites for hydroxylation is 2. The van der Waals surface area contributed by atoms with Gasteiger partial charge in [0.15, 0.2) is 0 Å². The molecule has 0 atom stereocenters. The van der Waals surface area contributed by atoms with Crippen molar-refractivity contribution >= 4 is 23.0 Å². The van der Waals surface area contributed by atoms with Crippen molar-refractivity contribution in [3.63, 3.8) is 0 Å². The van der Waals surface area contributed by atoms with Crippen LogP contribution in [0.4, 0.5) is 24.5 Å². The third kappa shape index (κ3) is 6.67. The van der Waals surface area contributed by atoms with Gasteiger partial charge in [0.1, 0.15) is 0 Å². The second-order valence-corrected chi connectivity index (χ2v) is 8.48. The zero-order chi connectivity index (χ0) is 27.3. The molecular weight excluding hydrogens is 487 g/mol. The molecule has 9 nitrogen and oxygen atoms in total. The Morgan fingerprint density at radius 1 is 1.22 bits per heavy atom. The minimum Gasteiger partial charge on any atom is -0.397 e. The van der Waals surface area contributed by atoms with E-state index in [9.17, 15) is 18.0 Å².